The van der Waals surface area contributed by atoms with Crippen LogP contribution in [0.4, 0.5) is 0 Å². The summed E-state index contributed by atoms with van der Waals surface area (Å²) in [7, 11) is -2.20. The van der Waals surface area contributed by atoms with E-state index < -0.39 is 15.8 Å². The van der Waals surface area contributed by atoms with Crippen LogP contribution < -0.4 is 9.46 Å². The number of hydrogen-bond acceptors (Lipinski definition) is 5. The summed E-state index contributed by atoms with van der Waals surface area (Å²) < 4.78 is 44.6. The van der Waals surface area contributed by atoms with Crippen LogP contribution in [-0.2, 0) is 19.5 Å². The maximum Gasteiger partial charge on any atom is 0.244 e. The Morgan fingerprint density at radius 3 is 2.78 bits per heavy atom. The molecular formula is C16H23NO5S. The fraction of sp³-hybridized carbons (Fsp3) is 0.625. The van der Waals surface area contributed by atoms with Crippen molar-refractivity contribution in [2.24, 2.45) is 0 Å². The number of methoxy groups -OCH3 is 1. The molecule has 0 radical (unpaired) electrons. The highest BCUT2D eigenvalue weighted by Gasteiger charge is 2.43. The molecule has 2 aliphatic rings. The van der Waals surface area contributed by atoms with Crippen molar-refractivity contribution in [1.82, 2.24) is 4.72 Å². The highest BCUT2D eigenvalue weighted by atomic mass is 32.2. The molecule has 1 aliphatic heterocycles. The van der Waals surface area contributed by atoms with Crippen LogP contribution in [-0.4, -0.2) is 40.6 Å². The minimum atomic E-state index is -3.66. The molecule has 1 saturated heterocycles. The highest BCUT2D eigenvalue weighted by Crippen LogP contribution is 2.39. The van der Waals surface area contributed by atoms with E-state index in [-0.39, 0.29) is 17.5 Å². The molecule has 0 bridgehead atoms. The summed E-state index contributed by atoms with van der Waals surface area (Å²) in [5.41, 5.74) is 0.858. The molecular weight excluding hydrogens is 318 g/mol. The lowest BCUT2D eigenvalue weighted by Crippen LogP contribution is -2.35. The molecule has 7 heteroatoms. The van der Waals surface area contributed by atoms with Gasteiger partial charge < -0.3 is 14.2 Å². The van der Waals surface area contributed by atoms with Crippen LogP contribution >= 0.6 is 0 Å². The Bertz CT molecular complexity index is 667. The molecule has 1 aromatic carbocycles. The normalized spacial score (nSPS) is 23.5. The van der Waals surface area contributed by atoms with Gasteiger partial charge in [-0.2, -0.15) is 0 Å². The number of nitrogens with one attached hydrogen (secondary N) is 1. The van der Waals surface area contributed by atoms with Gasteiger partial charge in [0.1, 0.15) is 10.6 Å². The smallest absolute Gasteiger partial charge is 0.244 e. The van der Waals surface area contributed by atoms with Crippen LogP contribution in [0.1, 0.15) is 31.2 Å². The molecule has 128 valence electrons. The average Bonchev–Trinajstić information content (AvgIpc) is 3.16. The average molecular weight is 341 g/mol. The first-order valence-corrected chi connectivity index (χ1v) is 9.38. The first kappa shape index (κ1) is 16.7. The molecule has 6 nitrogen and oxygen atoms in total. The number of aryl methyl sites for hydroxylation is 1. The van der Waals surface area contributed by atoms with Crippen molar-refractivity contribution in [1.29, 1.82) is 0 Å². The molecule has 3 rings (SSSR count). The Kier molecular flexibility index (Phi) is 4.64. The zero-order chi connectivity index (χ0) is 16.5. The summed E-state index contributed by atoms with van der Waals surface area (Å²) in [5.74, 6) is -0.143. The van der Waals surface area contributed by atoms with Crippen molar-refractivity contribution in [3.63, 3.8) is 0 Å². The monoisotopic (exact) mass is 341 g/mol. The minimum Gasteiger partial charge on any atom is -0.495 e. The number of ether oxygens (including phenoxy) is 3. The van der Waals surface area contributed by atoms with Gasteiger partial charge in [-0.25, -0.2) is 13.1 Å². The summed E-state index contributed by atoms with van der Waals surface area (Å²) in [6, 6.07) is 5.08. The van der Waals surface area contributed by atoms with Crippen LogP contribution in [0.5, 0.6) is 5.75 Å². The van der Waals surface area contributed by atoms with Crippen LogP contribution in [0.15, 0.2) is 23.1 Å². The third-order valence-electron chi connectivity index (χ3n) is 4.39. The van der Waals surface area contributed by atoms with Crippen molar-refractivity contribution in [3.8, 4) is 5.75 Å². The van der Waals surface area contributed by atoms with E-state index in [2.05, 4.69) is 4.72 Å². The maximum atomic E-state index is 12.5. The Hall–Kier alpha value is -1.15. The van der Waals surface area contributed by atoms with E-state index in [0.29, 0.717) is 12.4 Å². The molecule has 0 aromatic heterocycles. The highest BCUT2D eigenvalue weighted by molar-refractivity contribution is 7.89. The van der Waals surface area contributed by atoms with Crippen molar-refractivity contribution < 1.29 is 22.6 Å². The second-order valence-corrected chi connectivity index (χ2v) is 7.91. The Morgan fingerprint density at radius 2 is 2.09 bits per heavy atom. The van der Waals surface area contributed by atoms with Gasteiger partial charge in [0.05, 0.1) is 19.8 Å². The van der Waals surface area contributed by atoms with Gasteiger partial charge in [0, 0.05) is 19.4 Å². The maximum absolute atomic E-state index is 12.5. The molecule has 2 fully saturated rings. The van der Waals surface area contributed by atoms with Crippen LogP contribution in [0, 0.1) is 6.92 Å². The largest absolute Gasteiger partial charge is 0.495 e. The Labute approximate surface area is 137 Å². The zero-order valence-electron chi connectivity index (χ0n) is 13.5. The summed E-state index contributed by atoms with van der Waals surface area (Å²) in [6.45, 7) is 2.46. The molecule has 1 N–H and O–H groups in total. The summed E-state index contributed by atoms with van der Waals surface area (Å²) >= 11 is 0. The lowest BCUT2D eigenvalue weighted by Gasteiger charge is -2.22. The standard InChI is InChI=1S/C16H23NO5S/c1-12-5-6-14(20-2)15(9-12)23(18,19)17-10-13-11-21-16(22-13)7-3-4-8-16/h5-6,9,13,17H,3-4,7-8,10-11H2,1-2H3/t13-/m1/s1. The van der Waals surface area contributed by atoms with E-state index in [9.17, 15) is 8.42 Å². The molecule has 1 spiro atoms. The van der Waals surface area contributed by atoms with Gasteiger partial charge in [-0.05, 0) is 37.5 Å². The first-order chi connectivity index (χ1) is 10.9. The van der Waals surface area contributed by atoms with E-state index in [0.717, 1.165) is 31.2 Å². The van der Waals surface area contributed by atoms with Crippen LogP contribution in [0.25, 0.3) is 0 Å². The molecule has 23 heavy (non-hydrogen) atoms. The topological polar surface area (TPSA) is 73.9 Å². The molecule has 1 atom stereocenters. The number of benzene rings is 1. The van der Waals surface area contributed by atoms with E-state index in [1.807, 2.05) is 13.0 Å². The number of hydrogen-bond donors (Lipinski definition) is 1. The fourth-order valence-electron chi connectivity index (χ4n) is 3.17. The van der Waals surface area contributed by atoms with Crippen LogP contribution in [0.3, 0.4) is 0 Å². The van der Waals surface area contributed by atoms with Crippen molar-refractivity contribution in [3.05, 3.63) is 23.8 Å². The second-order valence-electron chi connectivity index (χ2n) is 6.17. The SMILES string of the molecule is COc1ccc(C)cc1S(=O)(=O)NC[C@@H]1COC2(CCCC2)O1. The van der Waals surface area contributed by atoms with E-state index in [4.69, 9.17) is 14.2 Å². The zero-order valence-corrected chi connectivity index (χ0v) is 14.3. The summed E-state index contributed by atoms with van der Waals surface area (Å²) in [6.07, 6.45) is 3.72. The summed E-state index contributed by atoms with van der Waals surface area (Å²) in [5, 5.41) is 0. The van der Waals surface area contributed by atoms with Gasteiger partial charge in [0.15, 0.2) is 5.79 Å². The lowest BCUT2D eigenvalue weighted by atomic mass is 10.2. The molecule has 0 amide bonds. The van der Waals surface area contributed by atoms with Gasteiger partial charge >= 0.3 is 0 Å². The van der Waals surface area contributed by atoms with Gasteiger partial charge in [-0.15, -0.1) is 0 Å². The number of rotatable bonds is 5. The van der Waals surface area contributed by atoms with Crippen LogP contribution in [0.2, 0.25) is 0 Å². The van der Waals surface area contributed by atoms with E-state index in [1.54, 1.807) is 12.1 Å². The first-order valence-electron chi connectivity index (χ1n) is 7.90. The quantitative estimate of drug-likeness (QED) is 0.886. The Balaban J connectivity index is 1.67. The van der Waals surface area contributed by atoms with Gasteiger partial charge in [0.25, 0.3) is 0 Å². The second kappa shape index (κ2) is 6.39. The van der Waals surface area contributed by atoms with Crippen molar-refractivity contribution in [2.45, 2.75) is 49.4 Å². The van der Waals surface area contributed by atoms with Gasteiger partial charge in [-0.3, -0.25) is 0 Å². The van der Waals surface area contributed by atoms with Crippen molar-refractivity contribution >= 4 is 10.0 Å². The molecule has 1 heterocycles. The van der Waals surface area contributed by atoms with E-state index in [1.165, 1.54) is 7.11 Å². The number of sulfonamides is 1. The molecule has 1 saturated carbocycles. The van der Waals surface area contributed by atoms with Crippen molar-refractivity contribution in [2.75, 3.05) is 20.3 Å². The fourth-order valence-corrected chi connectivity index (χ4v) is 4.49. The predicted octanol–water partition coefficient (Wildman–Crippen LogP) is 1.97. The third kappa shape index (κ3) is 3.52. The minimum absolute atomic E-state index is 0.148. The third-order valence-corrected chi connectivity index (χ3v) is 5.83. The Morgan fingerprint density at radius 1 is 1.35 bits per heavy atom. The molecule has 1 aliphatic carbocycles. The van der Waals surface area contributed by atoms with E-state index >= 15 is 0 Å². The van der Waals surface area contributed by atoms with Gasteiger partial charge in [0.2, 0.25) is 10.0 Å². The van der Waals surface area contributed by atoms with Gasteiger partial charge in [-0.1, -0.05) is 6.07 Å². The predicted molar refractivity (Wildman–Crippen MR) is 84.9 cm³/mol. The lowest BCUT2D eigenvalue weighted by molar-refractivity contribution is -0.160. The summed E-state index contributed by atoms with van der Waals surface area (Å²) in [4.78, 5) is 0.148. The molecule has 1 aromatic rings. The molecule has 0 unspecified atom stereocenters.